The molecule has 2 aliphatic rings. The third-order valence-electron chi connectivity index (χ3n) is 7.26. The van der Waals surface area contributed by atoms with Crippen LogP contribution in [0.15, 0.2) is 67.3 Å². The minimum atomic E-state index is -0.284. The lowest BCUT2D eigenvalue weighted by atomic mass is 10.2. The number of rotatable bonds is 10. The van der Waals surface area contributed by atoms with Gasteiger partial charge < -0.3 is 20.3 Å². The van der Waals surface area contributed by atoms with Crippen LogP contribution in [0.1, 0.15) is 29.6 Å². The van der Waals surface area contributed by atoms with E-state index in [1.165, 1.54) is 19.2 Å². The molecule has 0 spiro atoms. The van der Waals surface area contributed by atoms with Crippen molar-refractivity contribution in [2.45, 2.75) is 31.3 Å². The summed E-state index contributed by atoms with van der Waals surface area (Å²) in [5, 5.41) is 14.3. The normalized spacial score (nSPS) is 16.9. The van der Waals surface area contributed by atoms with Crippen molar-refractivity contribution < 1.29 is 14.3 Å². The summed E-state index contributed by atoms with van der Waals surface area (Å²) in [6.07, 6.45) is 11.5. The van der Waals surface area contributed by atoms with Crippen LogP contribution in [-0.2, 0) is 4.79 Å². The number of benzene rings is 1. The third-order valence-corrected chi connectivity index (χ3v) is 7.26. The smallest absolute Gasteiger partial charge is 0.256 e. The lowest BCUT2D eigenvalue weighted by molar-refractivity contribution is -0.125. The van der Waals surface area contributed by atoms with Gasteiger partial charge in [0, 0.05) is 61.8 Å². The molecule has 1 unspecified atom stereocenters. The van der Waals surface area contributed by atoms with E-state index in [1.807, 2.05) is 11.0 Å². The molecule has 6 rings (SSSR count). The van der Waals surface area contributed by atoms with E-state index in [9.17, 15) is 9.59 Å². The molecule has 1 aliphatic heterocycles. The molecule has 41 heavy (non-hydrogen) atoms. The topological polar surface area (TPSA) is 141 Å². The van der Waals surface area contributed by atoms with Crippen molar-refractivity contribution in [2.24, 2.45) is 0 Å². The van der Waals surface area contributed by atoms with Crippen molar-refractivity contribution >= 4 is 34.5 Å². The second-order valence-corrected chi connectivity index (χ2v) is 10.3. The Bertz CT molecular complexity index is 1550. The SMILES string of the molecule is CN(CC=CC(=O)N1CCC(Nc2n[nH]c3nccc(Oc4ccc(C(=O)Nc5ccncn5)cc4)c23)C1)C1CC1. The van der Waals surface area contributed by atoms with Crippen molar-refractivity contribution in [1.29, 1.82) is 0 Å². The number of hydrogen-bond acceptors (Lipinski definition) is 9. The number of pyridine rings is 1. The second kappa shape index (κ2) is 11.7. The lowest BCUT2D eigenvalue weighted by Gasteiger charge is -2.16. The quantitative estimate of drug-likeness (QED) is 0.252. The second-order valence-electron chi connectivity index (χ2n) is 10.3. The molecule has 210 valence electrons. The predicted octanol–water partition coefficient (Wildman–Crippen LogP) is 3.46. The molecule has 12 heteroatoms. The Hall–Kier alpha value is -4.84. The van der Waals surface area contributed by atoms with E-state index in [0.29, 0.717) is 58.9 Å². The van der Waals surface area contributed by atoms with E-state index in [1.54, 1.807) is 54.9 Å². The summed E-state index contributed by atoms with van der Waals surface area (Å²) in [5.74, 6) is 1.91. The number of likely N-dealkylation sites (N-methyl/N-ethyl adjacent to an activating group) is 1. The number of hydrogen-bond donors (Lipinski definition) is 3. The van der Waals surface area contributed by atoms with Gasteiger partial charge in [-0.2, -0.15) is 5.10 Å². The standard InChI is InChI=1S/C29H31N9O3/c1-37(21-6-7-21)15-2-3-25(39)38-16-12-20(17-38)33-28-26-23(10-14-31-27(26)35-36-28)41-22-8-4-19(5-9-22)29(40)34-24-11-13-30-18-32-24/h2-5,8-11,13-14,18,20-21H,6-7,12,15-17H2,1H3,(H,30,32,34,40)(H2,31,33,35,36). The molecule has 1 saturated carbocycles. The van der Waals surface area contributed by atoms with Gasteiger partial charge in [-0.3, -0.25) is 19.6 Å². The van der Waals surface area contributed by atoms with Gasteiger partial charge in [-0.25, -0.2) is 15.0 Å². The molecule has 12 nitrogen and oxygen atoms in total. The molecule has 4 heterocycles. The van der Waals surface area contributed by atoms with E-state index in [0.717, 1.165) is 13.0 Å². The maximum atomic E-state index is 12.7. The molecular formula is C29H31N9O3. The van der Waals surface area contributed by atoms with Crippen LogP contribution < -0.4 is 15.4 Å². The van der Waals surface area contributed by atoms with E-state index in [4.69, 9.17) is 4.74 Å². The van der Waals surface area contributed by atoms with Crippen LogP contribution in [-0.4, -0.2) is 85.5 Å². The van der Waals surface area contributed by atoms with Gasteiger partial charge in [-0.15, -0.1) is 0 Å². The number of carbonyl (C=O) groups is 2. The van der Waals surface area contributed by atoms with Gasteiger partial charge >= 0.3 is 0 Å². The number of aromatic amines is 1. The first kappa shape index (κ1) is 26.4. The highest BCUT2D eigenvalue weighted by atomic mass is 16.5. The number of anilines is 2. The minimum Gasteiger partial charge on any atom is -0.456 e. The van der Waals surface area contributed by atoms with Gasteiger partial charge in [0.2, 0.25) is 5.91 Å². The number of aromatic nitrogens is 5. The summed E-state index contributed by atoms with van der Waals surface area (Å²) < 4.78 is 6.18. The number of fused-ring (bicyclic) bond motifs is 1. The number of ether oxygens (including phenoxy) is 1. The largest absolute Gasteiger partial charge is 0.456 e. The third kappa shape index (κ3) is 6.33. The van der Waals surface area contributed by atoms with E-state index >= 15 is 0 Å². The van der Waals surface area contributed by atoms with Gasteiger partial charge in [0.05, 0.1) is 0 Å². The van der Waals surface area contributed by atoms with Crippen molar-refractivity contribution in [3.63, 3.8) is 0 Å². The minimum absolute atomic E-state index is 0.0326. The van der Waals surface area contributed by atoms with Crippen LogP contribution >= 0.6 is 0 Å². The van der Waals surface area contributed by atoms with Gasteiger partial charge in [0.15, 0.2) is 11.5 Å². The molecular weight excluding hydrogens is 522 g/mol. The van der Waals surface area contributed by atoms with Gasteiger partial charge in [0.1, 0.15) is 29.0 Å². The Labute approximate surface area is 236 Å². The van der Waals surface area contributed by atoms with E-state index < -0.39 is 0 Å². The summed E-state index contributed by atoms with van der Waals surface area (Å²) in [6, 6.07) is 10.9. The summed E-state index contributed by atoms with van der Waals surface area (Å²) in [6.45, 7) is 2.06. The molecule has 0 radical (unpaired) electrons. The van der Waals surface area contributed by atoms with Gasteiger partial charge in [-0.05, 0) is 56.6 Å². The molecule has 2 amide bonds. The average Bonchev–Trinajstić information content (AvgIpc) is 3.61. The highest BCUT2D eigenvalue weighted by molar-refractivity contribution is 6.03. The number of likely N-dealkylation sites (tertiary alicyclic amines) is 1. The molecule has 1 atom stereocenters. The van der Waals surface area contributed by atoms with Crippen molar-refractivity contribution in [1.82, 2.24) is 34.9 Å². The first-order chi connectivity index (χ1) is 20.0. The van der Waals surface area contributed by atoms with E-state index in [2.05, 4.69) is 47.7 Å². The fraction of sp³-hybridized carbons (Fsp3) is 0.310. The summed E-state index contributed by atoms with van der Waals surface area (Å²) in [5.41, 5.74) is 1.05. The molecule has 3 N–H and O–H groups in total. The Morgan fingerprint density at radius 2 is 1.98 bits per heavy atom. The van der Waals surface area contributed by atoms with Crippen LogP contribution in [0.2, 0.25) is 0 Å². The van der Waals surface area contributed by atoms with Crippen molar-refractivity contribution in [3.05, 3.63) is 72.8 Å². The fourth-order valence-electron chi connectivity index (χ4n) is 4.83. The average molecular weight is 554 g/mol. The number of nitrogens with zero attached hydrogens (tertiary/aromatic N) is 6. The van der Waals surface area contributed by atoms with Crippen molar-refractivity contribution in [2.75, 3.05) is 37.3 Å². The van der Waals surface area contributed by atoms with E-state index in [-0.39, 0.29) is 17.9 Å². The molecule has 0 bridgehead atoms. The van der Waals surface area contributed by atoms with Crippen LogP contribution in [0.4, 0.5) is 11.6 Å². The molecule has 1 saturated heterocycles. The highest BCUT2D eigenvalue weighted by Crippen LogP contribution is 2.33. The fourth-order valence-corrected chi connectivity index (χ4v) is 4.83. The van der Waals surface area contributed by atoms with Crippen LogP contribution in [0.3, 0.4) is 0 Å². The summed E-state index contributed by atoms with van der Waals surface area (Å²) in [7, 11) is 2.10. The Morgan fingerprint density at radius 1 is 1.12 bits per heavy atom. The first-order valence-electron chi connectivity index (χ1n) is 13.6. The summed E-state index contributed by atoms with van der Waals surface area (Å²) >= 11 is 0. The monoisotopic (exact) mass is 553 g/mol. The Kier molecular flexibility index (Phi) is 7.54. The van der Waals surface area contributed by atoms with Crippen LogP contribution in [0, 0.1) is 0 Å². The highest BCUT2D eigenvalue weighted by Gasteiger charge is 2.27. The molecule has 4 aromatic rings. The number of carbonyl (C=O) groups excluding carboxylic acids is 2. The van der Waals surface area contributed by atoms with Crippen LogP contribution in [0.25, 0.3) is 11.0 Å². The summed E-state index contributed by atoms with van der Waals surface area (Å²) in [4.78, 5) is 41.6. The maximum Gasteiger partial charge on any atom is 0.256 e. The maximum absolute atomic E-state index is 12.7. The molecule has 2 fully saturated rings. The number of nitrogens with one attached hydrogen (secondary N) is 3. The van der Waals surface area contributed by atoms with Gasteiger partial charge in [0.25, 0.3) is 5.91 Å². The molecule has 3 aromatic heterocycles. The Balaban J connectivity index is 1.09. The molecule has 1 aliphatic carbocycles. The zero-order valence-corrected chi connectivity index (χ0v) is 22.7. The number of amides is 2. The Morgan fingerprint density at radius 3 is 2.76 bits per heavy atom. The molecule has 1 aromatic carbocycles. The number of H-pyrrole nitrogens is 1. The predicted molar refractivity (Wildman–Crippen MR) is 154 cm³/mol. The lowest BCUT2D eigenvalue weighted by Crippen LogP contribution is -2.30. The van der Waals surface area contributed by atoms with Crippen molar-refractivity contribution in [3.8, 4) is 11.5 Å². The zero-order chi connectivity index (χ0) is 28.2. The first-order valence-corrected chi connectivity index (χ1v) is 13.6. The zero-order valence-electron chi connectivity index (χ0n) is 22.7. The van der Waals surface area contributed by atoms with Crippen LogP contribution in [0.5, 0.6) is 11.5 Å². The van der Waals surface area contributed by atoms with Gasteiger partial charge in [-0.1, -0.05) is 6.08 Å².